The fourth-order valence-corrected chi connectivity index (χ4v) is 2.41. The summed E-state index contributed by atoms with van der Waals surface area (Å²) >= 11 is 0. The summed E-state index contributed by atoms with van der Waals surface area (Å²) in [6.45, 7) is 12.2. The fraction of sp³-hybridized carbons (Fsp3) is 0.750. The van der Waals surface area contributed by atoms with Crippen molar-refractivity contribution in [3.63, 3.8) is 0 Å². The van der Waals surface area contributed by atoms with Crippen molar-refractivity contribution < 1.29 is 14.0 Å². The molecule has 0 aliphatic carbocycles. The van der Waals surface area contributed by atoms with Crippen molar-refractivity contribution in [1.82, 2.24) is 15.2 Å². The number of hydrogen-bond donors (Lipinski definition) is 1. The highest BCUT2D eigenvalue weighted by atomic mass is 16.3. The Bertz CT molecular complexity index is 552. The quantitative estimate of drug-likeness (QED) is 0.607. The Morgan fingerprint density at radius 1 is 1.19 bits per heavy atom. The number of rotatable bonds is 12. The van der Waals surface area contributed by atoms with E-state index >= 15 is 0 Å². The van der Waals surface area contributed by atoms with E-state index in [1.807, 2.05) is 0 Å². The summed E-state index contributed by atoms with van der Waals surface area (Å²) in [4.78, 5) is 30.6. The minimum atomic E-state index is -0.230. The first-order valence-corrected chi connectivity index (χ1v) is 9.83. The summed E-state index contributed by atoms with van der Waals surface area (Å²) in [6.07, 6.45) is 5.64. The zero-order chi connectivity index (χ0) is 19.5. The maximum Gasteiger partial charge on any atom is 0.273 e. The van der Waals surface area contributed by atoms with Crippen molar-refractivity contribution in [3.8, 4) is 0 Å². The second-order valence-corrected chi connectivity index (χ2v) is 7.67. The van der Waals surface area contributed by atoms with Crippen LogP contribution in [-0.2, 0) is 11.3 Å². The van der Waals surface area contributed by atoms with Crippen LogP contribution in [0.15, 0.2) is 10.7 Å². The molecule has 1 N–H and O–H groups in total. The van der Waals surface area contributed by atoms with Gasteiger partial charge in [-0.05, 0) is 31.1 Å². The third kappa shape index (κ3) is 8.50. The summed E-state index contributed by atoms with van der Waals surface area (Å²) in [7, 11) is 0. The summed E-state index contributed by atoms with van der Waals surface area (Å²) < 4.78 is 5.44. The smallest absolute Gasteiger partial charge is 0.273 e. The highest BCUT2D eigenvalue weighted by Gasteiger charge is 2.18. The van der Waals surface area contributed by atoms with Crippen molar-refractivity contribution in [1.29, 1.82) is 0 Å². The number of oxazole rings is 1. The van der Waals surface area contributed by atoms with Gasteiger partial charge >= 0.3 is 0 Å². The number of unbranched alkanes of at least 4 members (excludes halogenated alkanes) is 1. The molecule has 148 valence electrons. The standard InChI is InChI=1S/C20H35N3O3/c1-6-7-8-19(24)23(12-10-16(4)5)13-18-22-17(14-26-18)20(25)21-11-9-15(2)3/h14-16H,6-13H2,1-5H3,(H,21,25). The van der Waals surface area contributed by atoms with E-state index in [9.17, 15) is 9.59 Å². The van der Waals surface area contributed by atoms with Gasteiger partial charge in [0, 0.05) is 19.5 Å². The van der Waals surface area contributed by atoms with E-state index in [-0.39, 0.29) is 17.5 Å². The van der Waals surface area contributed by atoms with Gasteiger partial charge in [0.1, 0.15) is 6.26 Å². The van der Waals surface area contributed by atoms with Crippen LogP contribution < -0.4 is 5.32 Å². The third-order valence-corrected chi connectivity index (χ3v) is 4.19. The number of aromatic nitrogens is 1. The van der Waals surface area contributed by atoms with Gasteiger partial charge in [-0.25, -0.2) is 4.98 Å². The maximum absolute atomic E-state index is 12.4. The predicted molar refractivity (Wildman–Crippen MR) is 103 cm³/mol. The van der Waals surface area contributed by atoms with Crippen LogP contribution in [0.5, 0.6) is 0 Å². The monoisotopic (exact) mass is 365 g/mol. The van der Waals surface area contributed by atoms with E-state index in [1.54, 1.807) is 4.90 Å². The van der Waals surface area contributed by atoms with E-state index < -0.39 is 0 Å². The molecule has 0 saturated carbocycles. The Labute approximate surface area is 157 Å². The van der Waals surface area contributed by atoms with Crippen LogP contribution in [0.3, 0.4) is 0 Å². The molecular formula is C20H35N3O3. The van der Waals surface area contributed by atoms with E-state index in [2.05, 4.69) is 44.9 Å². The van der Waals surface area contributed by atoms with Gasteiger partial charge in [-0.1, -0.05) is 41.0 Å². The molecular weight excluding hydrogens is 330 g/mol. The molecule has 0 radical (unpaired) electrons. The van der Waals surface area contributed by atoms with Crippen molar-refractivity contribution in [2.75, 3.05) is 13.1 Å². The van der Waals surface area contributed by atoms with Gasteiger partial charge in [0.25, 0.3) is 5.91 Å². The highest BCUT2D eigenvalue weighted by molar-refractivity contribution is 5.91. The normalized spacial score (nSPS) is 11.2. The first-order chi connectivity index (χ1) is 12.3. The molecule has 1 rings (SSSR count). The lowest BCUT2D eigenvalue weighted by molar-refractivity contribution is -0.132. The van der Waals surface area contributed by atoms with E-state index in [0.717, 1.165) is 25.7 Å². The number of carbonyl (C=O) groups is 2. The lowest BCUT2D eigenvalue weighted by atomic mass is 10.1. The van der Waals surface area contributed by atoms with Crippen molar-refractivity contribution in [2.24, 2.45) is 11.8 Å². The zero-order valence-electron chi connectivity index (χ0n) is 17.0. The molecule has 0 atom stereocenters. The second kappa shape index (κ2) is 11.7. The van der Waals surface area contributed by atoms with Crippen LogP contribution in [-0.4, -0.2) is 34.8 Å². The molecule has 26 heavy (non-hydrogen) atoms. The molecule has 1 aromatic heterocycles. The molecule has 0 bridgehead atoms. The SMILES string of the molecule is CCCCC(=O)N(CCC(C)C)Cc1nc(C(=O)NCCC(C)C)co1. The Kier molecular flexibility index (Phi) is 9.99. The molecule has 0 aromatic carbocycles. The van der Waals surface area contributed by atoms with Crippen LogP contribution in [0.1, 0.15) is 83.1 Å². The molecule has 1 aromatic rings. The van der Waals surface area contributed by atoms with Gasteiger partial charge in [-0.15, -0.1) is 0 Å². The number of amides is 2. The molecule has 0 aliphatic heterocycles. The summed E-state index contributed by atoms with van der Waals surface area (Å²) in [6, 6.07) is 0. The molecule has 6 nitrogen and oxygen atoms in total. The molecule has 6 heteroatoms. The van der Waals surface area contributed by atoms with Gasteiger partial charge in [0.05, 0.1) is 6.54 Å². The Hall–Kier alpha value is -1.85. The van der Waals surface area contributed by atoms with Crippen LogP contribution in [0.25, 0.3) is 0 Å². The van der Waals surface area contributed by atoms with E-state index in [4.69, 9.17) is 4.42 Å². The predicted octanol–water partition coefficient (Wildman–Crippen LogP) is 4.02. The number of carbonyl (C=O) groups excluding carboxylic acids is 2. The van der Waals surface area contributed by atoms with Gasteiger partial charge in [0.2, 0.25) is 11.8 Å². The molecule has 0 saturated heterocycles. The number of nitrogens with one attached hydrogen (secondary N) is 1. The third-order valence-electron chi connectivity index (χ3n) is 4.19. The van der Waals surface area contributed by atoms with Crippen molar-refractivity contribution >= 4 is 11.8 Å². The van der Waals surface area contributed by atoms with Crippen molar-refractivity contribution in [2.45, 2.75) is 73.3 Å². The Morgan fingerprint density at radius 2 is 1.88 bits per heavy atom. The second-order valence-electron chi connectivity index (χ2n) is 7.67. The first kappa shape index (κ1) is 22.2. The number of hydrogen-bond acceptors (Lipinski definition) is 4. The van der Waals surface area contributed by atoms with Crippen molar-refractivity contribution in [3.05, 3.63) is 17.8 Å². The fourth-order valence-electron chi connectivity index (χ4n) is 2.41. The van der Waals surface area contributed by atoms with Crippen LogP contribution in [0, 0.1) is 11.8 Å². The lowest BCUT2D eigenvalue weighted by Gasteiger charge is -2.22. The molecule has 2 amide bonds. The number of nitrogens with zero attached hydrogens (tertiary/aromatic N) is 2. The summed E-state index contributed by atoms with van der Waals surface area (Å²) in [5, 5.41) is 2.85. The molecule has 0 unspecified atom stereocenters. The first-order valence-electron chi connectivity index (χ1n) is 9.83. The molecule has 1 heterocycles. The zero-order valence-corrected chi connectivity index (χ0v) is 17.0. The van der Waals surface area contributed by atoms with Gasteiger partial charge < -0.3 is 14.6 Å². The minimum Gasteiger partial charge on any atom is -0.446 e. The van der Waals surface area contributed by atoms with Gasteiger partial charge in [-0.3, -0.25) is 9.59 Å². The largest absolute Gasteiger partial charge is 0.446 e. The van der Waals surface area contributed by atoms with Crippen LogP contribution in [0.4, 0.5) is 0 Å². The summed E-state index contributed by atoms with van der Waals surface area (Å²) in [5.41, 5.74) is 0.272. The van der Waals surface area contributed by atoms with Crippen LogP contribution >= 0.6 is 0 Å². The minimum absolute atomic E-state index is 0.119. The van der Waals surface area contributed by atoms with Gasteiger partial charge in [-0.2, -0.15) is 0 Å². The maximum atomic E-state index is 12.4. The average Bonchev–Trinajstić information content (AvgIpc) is 3.04. The van der Waals surface area contributed by atoms with E-state index in [0.29, 0.717) is 43.8 Å². The Balaban J connectivity index is 2.65. The summed E-state index contributed by atoms with van der Waals surface area (Å²) in [5.74, 6) is 1.35. The average molecular weight is 366 g/mol. The Morgan fingerprint density at radius 3 is 2.50 bits per heavy atom. The molecule has 0 fully saturated rings. The van der Waals surface area contributed by atoms with E-state index in [1.165, 1.54) is 6.26 Å². The van der Waals surface area contributed by atoms with Gasteiger partial charge in [0.15, 0.2) is 5.69 Å². The molecule has 0 spiro atoms. The topological polar surface area (TPSA) is 75.4 Å². The molecule has 0 aliphatic rings. The van der Waals surface area contributed by atoms with Crippen LogP contribution in [0.2, 0.25) is 0 Å². The highest BCUT2D eigenvalue weighted by Crippen LogP contribution is 2.12. The lowest BCUT2D eigenvalue weighted by Crippen LogP contribution is -2.32.